The van der Waals surface area contributed by atoms with Crippen molar-refractivity contribution in [3.63, 3.8) is 0 Å². The van der Waals surface area contributed by atoms with E-state index in [2.05, 4.69) is 15.9 Å². The van der Waals surface area contributed by atoms with Crippen molar-refractivity contribution in [1.82, 2.24) is 5.06 Å². The van der Waals surface area contributed by atoms with Crippen LogP contribution in [-0.4, -0.2) is 21.8 Å². The van der Waals surface area contributed by atoms with E-state index >= 15 is 0 Å². The number of imide groups is 1. The minimum atomic E-state index is -0.657. The summed E-state index contributed by atoms with van der Waals surface area (Å²) in [5, 5.41) is 12.6. The number of hydroxylamine groups is 2. The van der Waals surface area contributed by atoms with Gasteiger partial charge >= 0.3 is 0 Å². The zero-order chi connectivity index (χ0) is 19.1. The van der Waals surface area contributed by atoms with Gasteiger partial charge < -0.3 is 0 Å². The van der Waals surface area contributed by atoms with Crippen molar-refractivity contribution >= 4 is 44.2 Å². The van der Waals surface area contributed by atoms with E-state index in [0.717, 1.165) is 5.56 Å². The SMILES string of the molecule is O=C1c2cccc3c([N+](=O)[O-])c(Br)cc(c23)C(=O)N1OCc1ccccc1. The van der Waals surface area contributed by atoms with Crippen LogP contribution in [0.2, 0.25) is 0 Å². The van der Waals surface area contributed by atoms with E-state index in [9.17, 15) is 19.7 Å². The van der Waals surface area contributed by atoms with Crippen LogP contribution in [0.15, 0.2) is 59.1 Å². The molecule has 3 aromatic carbocycles. The van der Waals surface area contributed by atoms with E-state index in [1.54, 1.807) is 6.07 Å². The lowest BCUT2D eigenvalue weighted by atomic mass is 9.94. The number of hydrogen-bond acceptors (Lipinski definition) is 5. The van der Waals surface area contributed by atoms with Gasteiger partial charge in [0.2, 0.25) is 0 Å². The molecule has 3 aromatic rings. The molecule has 1 heterocycles. The zero-order valence-electron chi connectivity index (χ0n) is 13.7. The second kappa shape index (κ2) is 6.57. The molecule has 0 saturated heterocycles. The molecular weight excluding hydrogens is 416 g/mol. The van der Waals surface area contributed by atoms with Crippen LogP contribution in [0, 0.1) is 10.1 Å². The highest BCUT2D eigenvalue weighted by atomic mass is 79.9. The van der Waals surface area contributed by atoms with E-state index in [-0.39, 0.29) is 38.7 Å². The molecule has 0 atom stereocenters. The van der Waals surface area contributed by atoms with Gasteiger partial charge in [0.25, 0.3) is 17.5 Å². The Labute approximate surface area is 161 Å². The maximum atomic E-state index is 12.9. The van der Waals surface area contributed by atoms with Gasteiger partial charge in [0.05, 0.1) is 25.9 Å². The van der Waals surface area contributed by atoms with Gasteiger partial charge in [-0.25, -0.2) is 0 Å². The number of carbonyl (C=O) groups is 2. The van der Waals surface area contributed by atoms with E-state index in [4.69, 9.17) is 4.84 Å². The summed E-state index contributed by atoms with van der Waals surface area (Å²) in [4.78, 5) is 42.0. The number of benzene rings is 3. The summed E-state index contributed by atoms with van der Waals surface area (Å²) in [7, 11) is 0. The normalized spacial score (nSPS) is 13.3. The highest BCUT2D eigenvalue weighted by molar-refractivity contribution is 9.10. The smallest absolute Gasteiger partial charge is 0.266 e. The fraction of sp³-hybridized carbons (Fsp3) is 0.0526. The fourth-order valence-corrected chi connectivity index (χ4v) is 3.70. The third-order valence-electron chi connectivity index (χ3n) is 4.30. The van der Waals surface area contributed by atoms with Crippen LogP contribution in [0.3, 0.4) is 0 Å². The van der Waals surface area contributed by atoms with Gasteiger partial charge in [0.1, 0.15) is 6.61 Å². The fourth-order valence-electron chi connectivity index (χ4n) is 3.11. The van der Waals surface area contributed by atoms with Gasteiger partial charge in [-0.2, -0.15) is 0 Å². The van der Waals surface area contributed by atoms with Crippen LogP contribution in [0.25, 0.3) is 10.8 Å². The number of nitro groups is 1. The van der Waals surface area contributed by atoms with E-state index < -0.39 is 16.7 Å². The Morgan fingerprint density at radius 2 is 1.70 bits per heavy atom. The number of amides is 2. The van der Waals surface area contributed by atoms with Crippen molar-refractivity contribution in [3.05, 3.63) is 85.9 Å². The van der Waals surface area contributed by atoms with E-state index in [1.807, 2.05) is 30.3 Å². The topological polar surface area (TPSA) is 89.8 Å². The second-order valence-corrected chi connectivity index (χ2v) is 6.76. The molecule has 27 heavy (non-hydrogen) atoms. The number of nitrogens with zero attached hydrogens (tertiary/aromatic N) is 2. The zero-order valence-corrected chi connectivity index (χ0v) is 15.3. The summed E-state index contributed by atoms with van der Waals surface area (Å²) < 4.78 is 0.165. The molecular formula is C19H11BrN2O5. The Bertz CT molecular complexity index is 1110. The van der Waals surface area contributed by atoms with Crippen molar-refractivity contribution < 1.29 is 19.3 Å². The quantitative estimate of drug-likeness (QED) is 0.353. The minimum Gasteiger partial charge on any atom is -0.266 e. The molecule has 0 radical (unpaired) electrons. The molecule has 0 N–H and O–H groups in total. The van der Waals surface area contributed by atoms with Gasteiger partial charge in [0.15, 0.2) is 0 Å². The average Bonchev–Trinajstić information content (AvgIpc) is 2.66. The lowest BCUT2D eigenvalue weighted by molar-refractivity contribution is -0.383. The van der Waals surface area contributed by atoms with Gasteiger partial charge in [-0.15, -0.1) is 5.06 Å². The molecule has 2 amide bonds. The summed E-state index contributed by atoms with van der Waals surface area (Å²) in [5.74, 6) is -1.30. The maximum Gasteiger partial charge on any atom is 0.291 e. The molecule has 1 aliphatic rings. The molecule has 1 aliphatic heterocycles. The Morgan fingerprint density at radius 1 is 1.00 bits per heavy atom. The van der Waals surface area contributed by atoms with Crippen molar-refractivity contribution in [1.29, 1.82) is 0 Å². The molecule has 7 nitrogen and oxygen atoms in total. The summed E-state index contributed by atoms with van der Waals surface area (Å²) in [6.07, 6.45) is 0. The summed E-state index contributed by atoms with van der Waals surface area (Å²) in [6.45, 7) is 0.0395. The molecule has 0 unspecified atom stereocenters. The summed E-state index contributed by atoms with van der Waals surface area (Å²) in [6, 6.07) is 15.1. The molecule has 0 fully saturated rings. The van der Waals surface area contributed by atoms with Gasteiger partial charge in [-0.05, 0) is 39.7 Å². The van der Waals surface area contributed by atoms with Crippen molar-refractivity contribution in [3.8, 4) is 0 Å². The Morgan fingerprint density at radius 3 is 2.41 bits per heavy atom. The third kappa shape index (κ3) is 2.79. The van der Waals surface area contributed by atoms with Crippen LogP contribution in [0.1, 0.15) is 26.3 Å². The van der Waals surface area contributed by atoms with Crippen molar-refractivity contribution in [2.75, 3.05) is 0 Å². The molecule has 134 valence electrons. The van der Waals surface area contributed by atoms with Crippen LogP contribution in [0.4, 0.5) is 5.69 Å². The summed E-state index contributed by atoms with van der Waals surface area (Å²) >= 11 is 3.16. The number of hydrogen-bond donors (Lipinski definition) is 0. The first-order valence-corrected chi connectivity index (χ1v) is 8.73. The Kier molecular flexibility index (Phi) is 4.21. The molecule has 8 heteroatoms. The highest BCUT2D eigenvalue weighted by Crippen LogP contribution is 2.40. The predicted octanol–water partition coefficient (Wildman–Crippen LogP) is 4.24. The average molecular weight is 427 g/mol. The Balaban J connectivity index is 1.81. The van der Waals surface area contributed by atoms with Crippen LogP contribution in [0.5, 0.6) is 0 Å². The molecule has 0 spiro atoms. The first-order valence-electron chi connectivity index (χ1n) is 7.94. The highest BCUT2D eigenvalue weighted by Gasteiger charge is 2.37. The first kappa shape index (κ1) is 17.3. The van der Waals surface area contributed by atoms with Gasteiger partial charge in [-0.3, -0.25) is 24.5 Å². The summed E-state index contributed by atoms with van der Waals surface area (Å²) in [5.41, 5.74) is 0.971. The Hall–Kier alpha value is -3.10. The molecule has 0 aliphatic carbocycles. The van der Waals surface area contributed by atoms with Crippen LogP contribution >= 0.6 is 15.9 Å². The molecule has 0 aromatic heterocycles. The second-order valence-electron chi connectivity index (χ2n) is 5.90. The third-order valence-corrected chi connectivity index (χ3v) is 4.91. The first-order chi connectivity index (χ1) is 13.0. The number of rotatable bonds is 4. The van der Waals surface area contributed by atoms with E-state index in [1.165, 1.54) is 18.2 Å². The molecule has 0 saturated carbocycles. The number of carbonyl (C=O) groups excluding carboxylic acids is 2. The van der Waals surface area contributed by atoms with Crippen molar-refractivity contribution in [2.45, 2.75) is 6.61 Å². The lowest BCUT2D eigenvalue weighted by Gasteiger charge is -2.26. The largest absolute Gasteiger partial charge is 0.291 e. The predicted molar refractivity (Wildman–Crippen MR) is 100 cm³/mol. The lowest BCUT2D eigenvalue weighted by Crippen LogP contribution is -2.40. The van der Waals surface area contributed by atoms with Gasteiger partial charge in [0, 0.05) is 5.39 Å². The standard InChI is InChI=1S/C19H11BrN2O5/c20-15-9-14-16-12(17(15)22(25)26)7-4-8-13(16)18(23)21(19(14)24)27-10-11-5-2-1-3-6-11/h1-9H,10H2. The monoisotopic (exact) mass is 426 g/mol. The minimum absolute atomic E-state index is 0.0395. The number of nitro benzene ring substituents is 1. The van der Waals surface area contributed by atoms with Crippen molar-refractivity contribution in [2.24, 2.45) is 0 Å². The molecule has 0 bridgehead atoms. The molecule has 4 rings (SSSR count). The van der Waals surface area contributed by atoms with Gasteiger partial charge in [-0.1, -0.05) is 36.4 Å². The van der Waals surface area contributed by atoms with Crippen LogP contribution in [-0.2, 0) is 11.4 Å². The van der Waals surface area contributed by atoms with E-state index in [0.29, 0.717) is 5.06 Å². The number of halogens is 1. The maximum absolute atomic E-state index is 12.9. The van der Waals surface area contributed by atoms with Crippen LogP contribution < -0.4 is 0 Å².